The molecule has 0 bridgehead atoms. The van der Waals surface area contributed by atoms with Gasteiger partial charge in [0.1, 0.15) is 12.3 Å². The Kier molecular flexibility index (Phi) is 5.45. The van der Waals surface area contributed by atoms with E-state index in [9.17, 15) is 32.9 Å². The number of fused-ring (bicyclic) bond motifs is 1. The average Bonchev–Trinajstić information content (AvgIpc) is 3.29. The summed E-state index contributed by atoms with van der Waals surface area (Å²) in [7, 11) is 0. The topological polar surface area (TPSA) is 120 Å². The van der Waals surface area contributed by atoms with Crippen molar-refractivity contribution in [3.63, 3.8) is 0 Å². The third-order valence-corrected chi connectivity index (χ3v) is 4.75. The highest BCUT2D eigenvalue weighted by atomic mass is 19.4. The van der Waals surface area contributed by atoms with E-state index >= 15 is 0 Å². The number of amides is 2. The summed E-state index contributed by atoms with van der Waals surface area (Å²) in [6, 6.07) is 7.89. The molecular weight excluding hydrogens is 447 g/mol. The lowest BCUT2D eigenvalue weighted by atomic mass is 10.1. The number of ether oxygens (including phenoxy) is 1. The first-order valence-electron chi connectivity index (χ1n) is 9.36. The molecule has 1 aliphatic rings. The van der Waals surface area contributed by atoms with Crippen molar-refractivity contribution in [3.8, 4) is 11.4 Å². The smallest absolute Gasteiger partial charge is 0.416 e. The number of carbonyl (C=O) groups is 2. The second-order valence-electron chi connectivity index (χ2n) is 6.91. The Labute approximate surface area is 183 Å². The summed E-state index contributed by atoms with van der Waals surface area (Å²) < 4.78 is 46.2. The van der Waals surface area contributed by atoms with Crippen LogP contribution in [0.5, 0.6) is 5.75 Å². The van der Waals surface area contributed by atoms with Gasteiger partial charge in [-0.1, -0.05) is 0 Å². The van der Waals surface area contributed by atoms with Crippen LogP contribution in [0.4, 0.5) is 30.2 Å². The van der Waals surface area contributed by atoms with Crippen molar-refractivity contribution in [3.05, 3.63) is 70.5 Å². The largest absolute Gasteiger partial charge is 0.482 e. The van der Waals surface area contributed by atoms with Crippen LogP contribution in [0.1, 0.15) is 5.56 Å². The van der Waals surface area contributed by atoms with E-state index in [2.05, 4.69) is 10.4 Å². The van der Waals surface area contributed by atoms with Crippen LogP contribution in [0.25, 0.3) is 5.69 Å². The Bertz CT molecular complexity index is 1240. The number of hydrogen-bond acceptors (Lipinski definition) is 6. The molecular formula is C20H14F3N5O5. The molecule has 2 amide bonds. The number of nitrogens with zero attached hydrogens (tertiary/aromatic N) is 4. The number of non-ortho nitro benzene ring substituents is 1. The molecule has 33 heavy (non-hydrogen) atoms. The standard InChI is InChI=1S/C20H14F3N5O5/c21-20(22,23)12-2-4-15(27-7-1-6-24-27)14(8-12)25-18(29)10-26-16-9-13(28(31)32)3-5-17(16)33-11-19(26)30/h1-9H,10-11H2,(H,25,29). The maximum absolute atomic E-state index is 13.2. The Balaban J connectivity index is 1.64. The second kappa shape index (κ2) is 8.26. The Morgan fingerprint density at radius 1 is 1.21 bits per heavy atom. The van der Waals surface area contributed by atoms with Gasteiger partial charge in [-0.05, 0) is 30.3 Å². The van der Waals surface area contributed by atoms with Gasteiger partial charge in [-0.25, -0.2) is 4.68 Å². The number of nitro groups is 1. The molecule has 0 spiro atoms. The van der Waals surface area contributed by atoms with Crippen molar-refractivity contribution in [2.75, 3.05) is 23.4 Å². The predicted molar refractivity (Wildman–Crippen MR) is 108 cm³/mol. The fourth-order valence-corrected chi connectivity index (χ4v) is 3.23. The van der Waals surface area contributed by atoms with Crippen LogP contribution >= 0.6 is 0 Å². The van der Waals surface area contributed by atoms with Crippen LogP contribution < -0.4 is 15.0 Å². The summed E-state index contributed by atoms with van der Waals surface area (Å²) in [5.74, 6) is -1.31. The molecule has 0 aliphatic carbocycles. The van der Waals surface area contributed by atoms with Crippen molar-refractivity contribution in [2.24, 2.45) is 0 Å². The molecule has 2 aromatic carbocycles. The zero-order valence-electron chi connectivity index (χ0n) is 16.6. The second-order valence-corrected chi connectivity index (χ2v) is 6.91. The number of anilines is 2. The van der Waals surface area contributed by atoms with Gasteiger partial charge in [0.2, 0.25) is 5.91 Å². The monoisotopic (exact) mass is 461 g/mol. The quantitative estimate of drug-likeness (QED) is 0.461. The molecule has 0 saturated carbocycles. The van der Waals surface area contributed by atoms with Gasteiger partial charge in [0.15, 0.2) is 6.61 Å². The lowest BCUT2D eigenvalue weighted by Gasteiger charge is -2.28. The molecule has 2 heterocycles. The number of nitrogens with one attached hydrogen (secondary N) is 1. The average molecular weight is 461 g/mol. The number of halogens is 3. The van der Waals surface area contributed by atoms with Crippen LogP contribution in [0.3, 0.4) is 0 Å². The molecule has 1 aliphatic heterocycles. The van der Waals surface area contributed by atoms with Crippen LogP contribution in [0.2, 0.25) is 0 Å². The number of alkyl halides is 3. The molecule has 3 aromatic rings. The number of carbonyl (C=O) groups excluding carboxylic acids is 2. The fourth-order valence-electron chi connectivity index (χ4n) is 3.23. The highest BCUT2D eigenvalue weighted by Crippen LogP contribution is 2.36. The van der Waals surface area contributed by atoms with Gasteiger partial charge in [-0.3, -0.25) is 24.6 Å². The van der Waals surface area contributed by atoms with Gasteiger partial charge < -0.3 is 10.1 Å². The molecule has 0 fully saturated rings. The van der Waals surface area contributed by atoms with E-state index in [1.807, 2.05) is 0 Å². The first-order valence-corrected chi connectivity index (χ1v) is 9.36. The van der Waals surface area contributed by atoms with E-state index in [0.717, 1.165) is 29.2 Å². The summed E-state index contributed by atoms with van der Waals surface area (Å²) in [6.07, 6.45) is -1.75. The molecule has 0 saturated heterocycles. The van der Waals surface area contributed by atoms with E-state index in [-0.39, 0.29) is 28.5 Å². The van der Waals surface area contributed by atoms with E-state index in [4.69, 9.17) is 4.74 Å². The maximum atomic E-state index is 13.2. The molecule has 4 rings (SSSR count). The van der Waals surface area contributed by atoms with Gasteiger partial charge in [0.05, 0.1) is 27.5 Å². The number of hydrogen-bond donors (Lipinski definition) is 1. The number of aromatic nitrogens is 2. The molecule has 0 unspecified atom stereocenters. The molecule has 0 radical (unpaired) electrons. The lowest BCUT2D eigenvalue weighted by molar-refractivity contribution is -0.384. The van der Waals surface area contributed by atoms with Crippen LogP contribution in [0, 0.1) is 10.1 Å². The van der Waals surface area contributed by atoms with Crippen molar-refractivity contribution in [1.29, 1.82) is 0 Å². The van der Waals surface area contributed by atoms with E-state index in [1.165, 1.54) is 29.2 Å². The molecule has 1 N–H and O–H groups in total. The lowest BCUT2D eigenvalue weighted by Crippen LogP contribution is -2.43. The number of benzene rings is 2. The summed E-state index contributed by atoms with van der Waals surface area (Å²) in [5.41, 5.74) is -1.32. The molecule has 10 nitrogen and oxygen atoms in total. The third-order valence-electron chi connectivity index (χ3n) is 4.75. The Morgan fingerprint density at radius 2 is 2.00 bits per heavy atom. The van der Waals surface area contributed by atoms with Crippen molar-refractivity contribution in [1.82, 2.24) is 9.78 Å². The van der Waals surface area contributed by atoms with Crippen LogP contribution in [-0.4, -0.2) is 39.7 Å². The number of nitro benzene ring substituents is 1. The first-order chi connectivity index (χ1) is 15.6. The van der Waals surface area contributed by atoms with Gasteiger partial charge in [0, 0.05) is 24.5 Å². The van der Waals surface area contributed by atoms with Gasteiger partial charge in [-0.2, -0.15) is 18.3 Å². The van der Waals surface area contributed by atoms with E-state index < -0.39 is 41.6 Å². The minimum Gasteiger partial charge on any atom is -0.482 e. The van der Waals surface area contributed by atoms with Gasteiger partial charge in [0.25, 0.3) is 11.6 Å². The van der Waals surface area contributed by atoms with Crippen molar-refractivity contribution < 1.29 is 32.4 Å². The number of rotatable bonds is 5. The summed E-state index contributed by atoms with van der Waals surface area (Å²) in [5, 5.41) is 17.4. The van der Waals surface area contributed by atoms with Crippen molar-refractivity contribution in [2.45, 2.75) is 6.18 Å². The summed E-state index contributed by atoms with van der Waals surface area (Å²) in [4.78, 5) is 36.5. The van der Waals surface area contributed by atoms with Gasteiger partial charge >= 0.3 is 6.18 Å². The fraction of sp³-hybridized carbons (Fsp3) is 0.150. The SMILES string of the molecule is O=C(CN1C(=O)COc2ccc([N+](=O)[O-])cc21)Nc1cc(C(F)(F)F)ccc1-n1cccn1. The zero-order chi connectivity index (χ0) is 23.8. The van der Waals surface area contributed by atoms with E-state index in [0.29, 0.717) is 0 Å². The minimum atomic E-state index is -4.65. The zero-order valence-corrected chi connectivity index (χ0v) is 16.6. The maximum Gasteiger partial charge on any atom is 0.416 e. The van der Waals surface area contributed by atoms with Crippen molar-refractivity contribution >= 4 is 28.9 Å². The molecule has 13 heteroatoms. The van der Waals surface area contributed by atoms with Crippen LogP contribution in [0.15, 0.2) is 54.9 Å². The highest BCUT2D eigenvalue weighted by molar-refractivity contribution is 6.05. The summed E-state index contributed by atoms with van der Waals surface area (Å²) >= 11 is 0. The summed E-state index contributed by atoms with van der Waals surface area (Å²) in [6.45, 7) is -1.01. The first kappa shape index (κ1) is 21.8. The highest BCUT2D eigenvalue weighted by Gasteiger charge is 2.32. The van der Waals surface area contributed by atoms with Crippen LogP contribution in [-0.2, 0) is 15.8 Å². The molecule has 1 aromatic heterocycles. The third kappa shape index (κ3) is 4.46. The Morgan fingerprint density at radius 3 is 2.67 bits per heavy atom. The Hall–Kier alpha value is -4.42. The van der Waals surface area contributed by atoms with Gasteiger partial charge in [-0.15, -0.1) is 0 Å². The van der Waals surface area contributed by atoms with E-state index in [1.54, 1.807) is 6.07 Å². The molecule has 0 atom stereocenters. The minimum absolute atomic E-state index is 0.00643. The molecule has 170 valence electrons. The predicted octanol–water partition coefficient (Wildman–Crippen LogP) is 3.16. The normalized spacial score (nSPS) is 13.3.